The number of hydrogen-bond acceptors (Lipinski definition) is 5. The molecule has 25 heavy (non-hydrogen) atoms. The number of methoxy groups -OCH3 is 2. The average Bonchev–Trinajstić information content (AvgIpc) is 2.66. The molecular weight excluding hydrogens is 322 g/mol. The summed E-state index contributed by atoms with van der Waals surface area (Å²) in [6.07, 6.45) is 4.77. The van der Waals surface area contributed by atoms with E-state index in [4.69, 9.17) is 14.2 Å². The van der Waals surface area contributed by atoms with E-state index in [0.717, 1.165) is 18.4 Å². The maximum absolute atomic E-state index is 12.5. The predicted octanol–water partition coefficient (Wildman–Crippen LogP) is 2.52. The molecule has 0 aliphatic carbocycles. The molecule has 1 amide bonds. The van der Waals surface area contributed by atoms with Crippen LogP contribution in [0.3, 0.4) is 0 Å². The van der Waals surface area contributed by atoms with Crippen LogP contribution in [0.4, 0.5) is 0 Å². The summed E-state index contributed by atoms with van der Waals surface area (Å²) in [6, 6.07) is 5.40. The van der Waals surface area contributed by atoms with Gasteiger partial charge >= 0.3 is 5.97 Å². The van der Waals surface area contributed by atoms with Gasteiger partial charge in [0.25, 0.3) is 0 Å². The Bertz CT molecular complexity index is 641. The molecule has 1 atom stereocenters. The Balaban J connectivity index is 2.06. The molecule has 1 aromatic carbocycles. The topological polar surface area (TPSA) is 65.1 Å². The summed E-state index contributed by atoms with van der Waals surface area (Å²) >= 11 is 0. The molecule has 1 heterocycles. The second kappa shape index (κ2) is 9.11. The van der Waals surface area contributed by atoms with E-state index >= 15 is 0 Å². The van der Waals surface area contributed by atoms with Gasteiger partial charge in [-0.3, -0.25) is 9.59 Å². The fourth-order valence-corrected chi connectivity index (χ4v) is 2.87. The van der Waals surface area contributed by atoms with Crippen molar-refractivity contribution in [3.63, 3.8) is 0 Å². The monoisotopic (exact) mass is 347 g/mol. The summed E-state index contributed by atoms with van der Waals surface area (Å²) in [5.41, 5.74) is 0.758. The maximum Gasteiger partial charge on any atom is 0.310 e. The van der Waals surface area contributed by atoms with Crippen molar-refractivity contribution in [2.24, 2.45) is 5.92 Å². The molecule has 0 bridgehead atoms. The Morgan fingerprint density at radius 1 is 1.28 bits per heavy atom. The highest BCUT2D eigenvalue weighted by atomic mass is 16.5. The van der Waals surface area contributed by atoms with E-state index in [9.17, 15) is 9.59 Å². The number of carbonyl (C=O) groups excluding carboxylic acids is 2. The quantitative estimate of drug-likeness (QED) is 0.584. The first-order chi connectivity index (χ1) is 12.1. The summed E-state index contributed by atoms with van der Waals surface area (Å²) in [4.78, 5) is 26.0. The van der Waals surface area contributed by atoms with Gasteiger partial charge in [0.2, 0.25) is 5.91 Å². The van der Waals surface area contributed by atoms with Crippen molar-refractivity contribution in [1.29, 1.82) is 0 Å². The highest BCUT2D eigenvalue weighted by Crippen LogP contribution is 2.25. The van der Waals surface area contributed by atoms with Crippen LogP contribution in [-0.2, 0) is 14.3 Å². The second-order valence-electron chi connectivity index (χ2n) is 5.82. The van der Waals surface area contributed by atoms with Crippen LogP contribution in [0.5, 0.6) is 11.5 Å². The first-order valence-corrected chi connectivity index (χ1v) is 8.44. The molecule has 2 rings (SSSR count). The molecule has 0 spiro atoms. The molecule has 0 radical (unpaired) electrons. The number of ether oxygens (including phenoxy) is 3. The van der Waals surface area contributed by atoms with E-state index in [-0.39, 0.29) is 17.8 Å². The van der Waals surface area contributed by atoms with Gasteiger partial charge in [0.05, 0.1) is 26.7 Å². The molecular formula is C19H25NO5. The first-order valence-electron chi connectivity index (χ1n) is 8.44. The van der Waals surface area contributed by atoms with Crippen molar-refractivity contribution >= 4 is 18.0 Å². The average molecular weight is 347 g/mol. The largest absolute Gasteiger partial charge is 0.497 e. The van der Waals surface area contributed by atoms with E-state index in [0.29, 0.717) is 31.2 Å². The number of piperidine rings is 1. The number of hydrogen-bond donors (Lipinski definition) is 0. The van der Waals surface area contributed by atoms with E-state index < -0.39 is 0 Å². The lowest BCUT2D eigenvalue weighted by Gasteiger charge is -2.30. The lowest BCUT2D eigenvalue weighted by Crippen LogP contribution is -2.42. The summed E-state index contributed by atoms with van der Waals surface area (Å²) in [5, 5.41) is 0. The fourth-order valence-electron chi connectivity index (χ4n) is 2.87. The molecule has 0 N–H and O–H groups in total. The molecule has 0 aromatic heterocycles. The minimum Gasteiger partial charge on any atom is -0.497 e. The van der Waals surface area contributed by atoms with Gasteiger partial charge in [-0.05, 0) is 44.0 Å². The third-order valence-corrected chi connectivity index (χ3v) is 4.20. The van der Waals surface area contributed by atoms with Gasteiger partial charge in [0.15, 0.2) is 0 Å². The Labute approximate surface area is 148 Å². The lowest BCUT2D eigenvalue weighted by atomic mass is 9.98. The summed E-state index contributed by atoms with van der Waals surface area (Å²) < 4.78 is 15.6. The molecule has 1 fully saturated rings. The number of carbonyl (C=O) groups is 2. The zero-order valence-corrected chi connectivity index (χ0v) is 15.0. The molecule has 6 nitrogen and oxygen atoms in total. The van der Waals surface area contributed by atoms with Crippen LogP contribution in [-0.4, -0.2) is 50.7 Å². The van der Waals surface area contributed by atoms with Crippen molar-refractivity contribution in [2.45, 2.75) is 19.8 Å². The van der Waals surface area contributed by atoms with Crippen LogP contribution >= 0.6 is 0 Å². The van der Waals surface area contributed by atoms with Gasteiger partial charge in [-0.25, -0.2) is 0 Å². The van der Waals surface area contributed by atoms with Crippen LogP contribution in [0.1, 0.15) is 25.3 Å². The summed E-state index contributed by atoms with van der Waals surface area (Å²) in [6.45, 7) is 3.19. The highest BCUT2D eigenvalue weighted by molar-refractivity contribution is 5.92. The van der Waals surface area contributed by atoms with Crippen molar-refractivity contribution in [3.05, 3.63) is 29.8 Å². The van der Waals surface area contributed by atoms with Gasteiger partial charge in [0, 0.05) is 24.7 Å². The van der Waals surface area contributed by atoms with Crippen LogP contribution in [0, 0.1) is 5.92 Å². The van der Waals surface area contributed by atoms with Gasteiger partial charge in [0.1, 0.15) is 11.5 Å². The molecule has 0 saturated carbocycles. The van der Waals surface area contributed by atoms with Crippen LogP contribution in [0.25, 0.3) is 6.08 Å². The normalized spacial score (nSPS) is 17.4. The van der Waals surface area contributed by atoms with Gasteiger partial charge < -0.3 is 19.1 Å². The molecule has 1 aliphatic rings. The molecule has 1 aliphatic heterocycles. The Morgan fingerprint density at radius 2 is 2.08 bits per heavy atom. The molecule has 6 heteroatoms. The summed E-state index contributed by atoms with van der Waals surface area (Å²) in [7, 11) is 3.17. The van der Waals surface area contributed by atoms with Crippen molar-refractivity contribution in [3.8, 4) is 11.5 Å². The molecule has 136 valence electrons. The van der Waals surface area contributed by atoms with Gasteiger partial charge in [-0.15, -0.1) is 0 Å². The zero-order valence-electron chi connectivity index (χ0n) is 15.0. The second-order valence-corrected chi connectivity index (χ2v) is 5.82. The van der Waals surface area contributed by atoms with E-state index in [1.807, 2.05) is 0 Å². The van der Waals surface area contributed by atoms with Gasteiger partial charge in [-0.1, -0.05) is 0 Å². The third kappa shape index (κ3) is 4.98. The Morgan fingerprint density at radius 3 is 2.76 bits per heavy atom. The number of nitrogens with zero attached hydrogens (tertiary/aromatic N) is 1. The SMILES string of the molecule is CCOC(=O)[C@H]1CCCN(C(=O)/C=C/c2cc(OC)ccc2OC)C1. The van der Waals surface area contributed by atoms with Crippen LogP contribution in [0.15, 0.2) is 24.3 Å². The van der Waals surface area contributed by atoms with E-state index in [1.165, 1.54) is 6.08 Å². The zero-order chi connectivity index (χ0) is 18.2. The number of benzene rings is 1. The van der Waals surface area contributed by atoms with Gasteiger partial charge in [-0.2, -0.15) is 0 Å². The first kappa shape index (κ1) is 18.8. The highest BCUT2D eigenvalue weighted by Gasteiger charge is 2.28. The van der Waals surface area contributed by atoms with E-state index in [1.54, 1.807) is 50.3 Å². The van der Waals surface area contributed by atoms with Crippen molar-refractivity contribution in [1.82, 2.24) is 4.90 Å². The molecule has 1 saturated heterocycles. The number of amides is 1. The minimum atomic E-state index is -0.239. The maximum atomic E-state index is 12.5. The van der Waals surface area contributed by atoms with Crippen LogP contribution in [0.2, 0.25) is 0 Å². The Hall–Kier alpha value is -2.50. The lowest BCUT2D eigenvalue weighted by molar-refractivity contribution is -0.150. The third-order valence-electron chi connectivity index (χ3n) is 4.20. The van der Waals surface area contributed by atoms with Crippen LogP contribution < -0.4 is 9.47 Å². The van der Waals surface area contributed by atoms with Crippen molar-refractivity contribution in [2.75, 3.05) is 33.9 Å². The predicted molar refractivity (Wildman–Crippen MR) is 94.5 cm³/mol. The number of rotatable bonds is 6. The Kier molecular flexibility index (Phi) is 6.86. The smallest absolute Gasteiger partial charge is 0.310 e. The standard InChI is InChI=1S/C19H25NO5/c1-4-25-19(22)15-6-5-11-20(13-15)18(21)10-7-14-12-16(23-2)8-9-17(14)24-3/h7-10,12,15H,4-6,11,13H2,1-3H3/b10-7+/t15-/m0/s1. The number of likely N-dealkylation sites (tertiary alicyclic amines) is 1. The molecule has 0 unspecified atom stereocenters. The molecule has 1 aromatic rings. The van der Waals surface area contributed by atoms with E-state index in [2.05, 4.69) is 0 Å². The fraction of sp³-hybridized carbons (Fsp3) is 0.474. The minimum absolute atomic E-state index is 0.126. The summed E-state index contributed by atoms with van der Waals surface area (Å²) in [5.74, 6) is 0.760. The number of esters is 1. The van der Waals surface area contributed by atoms with Crippen molar-refractivity contribution < 1.29 is 23.8 Å².